The van der Waals surface area contributed by atoms with Crippen LogP contribution in [0.15, 0.2) is 11.4 Å². The van der Waals surface area contributed by atoms with E-state index in [9.17, 15) is 0 Å². The van der Waals surface area contributed by atoms with Gasteiger partial charge >= 0.3 is 0 Å². The molecule has 2 heterocycles. The molecule has 1 saturated heterocycles. The van der Waals surface area contributed by atoms with Crippen LogP contribution in [0.1, 0.15) is 37.8 Å². The van der Waals surface area contributed by atoms with Crippen molar-refractivity contribution >= 4 is 22.9 Å². The zero-order valence-corrected chi connectivity index (χ0v) is 12.9. The van der Waals surface area contributed by atoms with Crippen LogP contribution >= 0.6 is 22.9 Å². The predicted octanol–water partition coefficient (Wildman–Crippen LogP) is 3.64. The van der Waals surface area contributed by atoms with Crippen molar-refractivity contribution in [3.8, 4) is 0 Å². The molecule has 0 radical (unpaired) electrons. The summed E-state index contributed by atoms with van der Waals surface area (Å²) in [5.74, 6) is 0. The maximum absolute atomic E-state index is 5.93. The van der Waals surface area contributed by atoms with E-state index in [1.807, 2.05) is 6.07 Å². The Labute approximate surface area is 124 Å². The number of rotatable bonds is 8. The van der Waals surface area contributed by atoms with Gasteiger partial charge in [-0.2, -0.15) is 0 Å². The third-order valence-corrected chi connectivity index (χ3v) is 4.44. The van der Waals surface area contributed by atoms with E-state index in [4.69, 9.17) is 21.1 Å². The maximum Gasteiger partial charge on any atom is 0.0931 e. The third kappa shape index (κ3) is 5.40. The molecule has 3 nitrogen and oxygen atoms in total. The second-order valence-electron chi connectivity index (χ2n) is 4.92. The Morgan fingerprint density at radius 3 is 3.21 bits per heavy atom. The number of thiophene rings is 1. The van der Waals surface area contributed by atoms with Crippen LogP contribution in [0.5, 0.6) is 0 Å². The van der Waals surface area contributed by atoms with Gasteiger partial charge in [0.25, 0.3) is 0 Å². The molecule has 0 spiro atoms. The molecule has 2 atom stereocenters. The van der Waals surface area contributed by atoms with E-state index in [0.717, 1.165) is 43.5 Å². The van der Waals surface area contributed by atoms with Gasteiger partial charge in [-0.25, -0.2) is 0 Å². The summed E-state index contributed by atoms with van der Waals surface area (Å²) >= 11 is 7.51. The first-order valence-corrected chi connectivity index (χ1v) is 8.18. The second-order valence-corrected chi connectivity index (χ2v) is 6.47. The Kier molecular flexibility index (Phi) is 6.61. The molecule has 1 aromatic rings. The first-order valence-electron chi connectivity index (χ1n) is 6.92. The molecule has 108 valence electrons. The quantitative estimate of drug-likeness (QED) is 0.744. The molecule has 0 aromatic carbocycles. The lowest BCUT2D eigenvalue weighted by molar-refractivity contribution is 0.0165. The lowest BCUT2D eigenvalue weighted by atomic mass is 10.2. The van der Waals surface area contributed by atoms with Gasteiger partial charge in [0.15, 0.2) is 0 Å². The highest BCUT2D eigenvalue weighted by Gasteiger charge is 2.14. The van der Waals surface area contributed by atoms with Crippen molar-refractivity contribution in [3.05, 3.63) is 21.3 Å². The highest BCUT2D eigenvalue weighted by Crippen LogP contribution is 2.24. The Hall–Kier alpha value is -0.130. The smallest absolute Gasteiger partial charge is 0.0931 e. The van der Waals surface area contributed by atoms with Crippen molar-refractivity contribution in [2.75, 3.05) is 26.4 Å². The molecule has 1 aliphatic heterocycles. The second kappa shape index (κ2) is 8.22. The fourth-order valence-corrected chi connectivity index (χ4v) is 3.14. The van der Waals surface area contributed by atoms with E-state index >= 15 is 0 Å². The molecule has 1 aromatic heterocycles. The van der Waals surface area contributed by atoms with E-state index in [0.29, 0.717) is 12.1 Å². The average molecular weight is 304 g/mol. The van der Waals surface area contributed by atoms with Crippen LogP contribution in [-0.4, -0.2) is 32.5 Å². The summed E-state index contributed by atoms with van der Waals surface area (Å²) in [6.45, 7) is 5.56. The van der Waals surface area contributed by atoms with Crippen LogP contribution in [0.4, 0.5) is 0 Å². The molecule has 19 heavy (non-hydrogen) atoms. The molecule has 1 aliphatic rings. The summed E-state index contributed by atoms with van der Waals surface area (Å²) in [6, 6.07) is 2.37. The van der Waals surface area contributed by atoms with Crippen LogP contribution < -0.4 is 5.32 Å². The minimum atomic E-state index is 0.333. The zero-order chi connectivity index (χ0) is 13.5. The maximum atomic E-state index is 5.93. The van der Waals surface area contributed by atoms with Crippen LogP contribution in [-0.2, 0) is 9.47 Å². The highest BCUT2D eigenvalue weighted by atomic mass is 35.5. The van der Waals surface area contributed by atoms with Gasteiger partial charge in [-0.3, -0.25) is 0 Å². The van der Waals surface area contributed by atoms with Gasteiger partial charge in [0.1, 0.15) is 0 Å². The van der Waals surface area contributed by atoms with Gasteiger partial charge < -0.3 is 14.8 Å². The summed E-state index contributed by atoms with van der Waals surface area (Å²) in [7, 11) is 0. The number of halogens is 1. The highest BCUT2D eigenvalue weighted by molar-refractivity contribution is 7.14. The Morgan fingerprint density at radius 2 is 2.53 bits per heavy atom. The van der Waals surface area contributed by atoms with Gasteiger partial charge in [0.05, 0.1) is 17.0 Å². The lowest BCUT2D eigenvalue weighted by Gasteiger charge is -2.13. The topological polar surface area (TPSA) is 30.5 Å². The van der Waals surface area contributed by atoms with Crippen LogP contribution in [0.3, 0.4) is 0 Å². The fourth-order valence-electron chi connectivity index (χ4n) is 2.15. The molecule has 0 bridgehead atoms. The molecule has 0 aliphatic carbocycles. The Balaban J connectivity index is 1.49. The van der Waals surface area contributed by atoms with Crippen LogP contribution in [0, 0.1) is 0 Å². The molecule has 5 heteroatoms. The number of hydrogen-bond acceptors (Lipinski definition) is 4. The number of hydrogen-bond donors (Lipinski definition) is 1. The Morgan fingerprint density at radius 1 is 1.63 bits per heavy atom. The summed E-state index contributed by atoms with van der Waals surface area (Å²) in [5, 5.41) is 5.58. The largest absolute Gasteiger partial charge is 0.379 e. The van der Waals surface area contributed by atoms with Crippen molar-refractivity contribution in [1.29, 1.82) is 0 Å². The van der Waals surface area contributed by atoms with Crippen molar-refractivity contribution < 1.29 is 9.47 Å². The van der Waals surface area contributed by atoms with Crippen molar-refractivity contribution in [1.82, 2.24) is 5.32 Å². The first kappa shape index (κ1) is 15.3. The molecule has 1 fully saturated rings. The molecule has 2 rings (SSSR count). The van der Waals surface area contributed by atoms with E-state index < -0.39 is 0 Å². The van der Waals surface area contributed by atoms with Crippen LogP contribution in [0.2, 0.25) is 4.34 Å². The van der Waals surface area contributed by atoms with Gasteiger partial charge in [0.2, 0.25) is 0 Å². The van der Waals surface area contributed by atoms with E-state index in [2.05, 4.69) is 17.6 Å². The van der Waals surface area contributed by atoms with E-state index in [1.165, 1.54) is 12.0 Å². The minimum absolute atomic E-state index is 0.333. The summed E-state index contributed by atoms with van der Waals surface area (Å²) < 4.78 is 12.0. The van der Waals surface area contributed by atoms with Gasteiger partial charge in [0, 0.05) is 19.3 Å². The fraction of sp³-hybridized carbons (Fsp3) is 0.714. The molecule has 0 amide bonds. The standard InChI is InChI=1S/C14H22ClNO2S/c1-11(12-8-14(15)19-10-12)16-5-3-6-17-9-13-4-2-7-18-13/h8,10-11,13,16H,2-7,9H2,1H3. The first-order chi connectivity index (χ1) is 9.25. The zero-order valence-electron chi connectivity index (χ0n) is 11.4. The SMILES string of the molecule is CC(NCCCOCC1CCCO1)c1csc(Cl)c1. The minimum Gasteiger partial charge on any atom is -0.379 e. The lowest BCUT2D eigenvalue weighted by Crippen LogP contribution is -2.21. The summed E-state index contributed by atoms with van der Waals surface area (Å²) in [6.07, 6.45) is 3.68. The van der Waals surface area contributed by atoms with Crippen LogP contribution in [0.25, 0.3) is 0 Å². The van der Waals surface area contributed by atoms with Gasteiger partial charge in [-0.05, 0) is 49.7 Å². The van der Waals surface area contributed by atoms with E-state index in [-0.39, 0.29) is 0 Å². The van der Waals surface area contributed by atoms with Gasteiger partial charge in [-0.1, -0.05) is 11.6 Å². The van der Waals surface area contributed by atoms with Crippen molar-refractivity contribution in [3.63, 3.8) is 0 Å². The number of nitrogens with one attached hydrogen (secondary N) is 1. The molecular weight excluding hydrogens is 282 g/mol. The van der Waals surface area contributed by atoms with Crippen molar-refractivity contribution in [2.24, 2.45) is 0 Å². The third-order valence-electron chi connectivity index (χ3n) is 3.33. The summed E-state index contributed by atoms with van der Waals surface area (Å²) in [5.41, 5.74) is 1.26. The average Bonchev–Trinajstić information content (AvgIpc) is 3.04. The monoisotopic (exact) mass is 303 g/mol. The number of ether oxygens (including phenoxy) is 2. The Bertz CT molecular complexity index is 366. The normalized spacial score (nSPS) is 20.8. The molecule has 2 unspecified atom stereocenters. The van der Waals surface area contributed by atoms with E-state index in [1.54, 1.807) is 11.3 Å². The predicted molar refractivity (Wildman–Crippen MR) is 80.2 cm³/mol. The molecule has 0 saturated carbocycles. The van der Waals surface area contributed by atoms with Gasteiger partial charge in [-0.15, -0.1) is 11.3 Å². The molecular formula is C14H22ClNO2S. The van der Waals surface area contributed by atoms with Crippen molar-refractivity contribution in [2.45, 2.75) is 38.3 Å². The summed E-state index contributed by atoms with van der Waals surface area (Å²) in [4.78, 5) is 0. The molecule has 1 N–H and O–H groups in total.